The van der Waals surface area contributed by atoms with Gasteiger partial charge in [0.2, 0.25) is 5.13 Å². The molecule has 0 spiro atoms. The van der Waals surface area contributed by atoms with Gasteiger partial charge in [-0.05, 0) is 31.5 Å². The number of ether oxygens (including phenoxy) is 1. The van der Waals surface area contributed by atoms with E-state index in [0.29, 0.717) is 15.9 Å². The van der Waals surface area contributed by atoms with Crippen LogP contribution in [0.15, 0.2) is 24.3 Å². The summed E-state index contributed by atoms with van der Waals surface area (Å²) in [5.41, 5.74) is 0. The van der Waals surface area contributed by atoms with Gasteiger partial charge in [0.25, 0.3) is 5.91 Å². The van der Waals surface area contributed by atoms with Crippen molar-refractivity contribution in [2.75, 3.05) is 5.32 Å². The summed E-state index contributed by atoms with van der Waals surface area (Å²) in [6, 6.07) is 6.95. The maximum absolute atomic E-state index is 12.1. The van der Waals surface area contributed by atoms with Gasteiger partial charge in [0.05, 0.1) is 0 Å². The summed E-state index contributed by atoms with van der Waals surface area (Å²) in [6.45, 7) is 3.84. The van der Waals surface area contributed by atoms with Crippen LogP contribution in [0.2, 0.25) is 5.02 Å². The molecule has 2 rings (SSSR count). The molecule has 0 saturated carbocycles. The van der Waals surface area contributed by atoms with Gasteiger partial charge >= 0.3 is 0 Å². The number of rotatable bonds is 8. The van der Waals surface area contributed by atoms with Gasteiger partial charge in [-0.3, -0.25) is 10.1 Å². The molecule has 124 valence electrons. The van der Waals surface area contributed by atoms with Gasteiger partial charge in [-0.1, -0.05) is 48.8 Å². The number of amides is 1. The van der Waals surface area contributed by atoms with Crippen molar-refractivity contribution in [2.45, 2.75) is 45.6 Å². The number of nitrogens with one attached hydrogen (secondary N) is 1. The van der Waals surface area contributed by atoms with Crippen molar-refractivity contribution in [3.05, 3.63) is 34.3 Å². The number of aromatic nitrogens is 2. The SMILES string of the molecule is CCCCCc1nnc(NC(=O)C(C)Oc2cccc(Cl)c2)s1. The number of unbranched alkanes of at least 4 members (excludes halogenated alkanes) is 2. The first-order valence-electron chi connectivity index (χ1n) is 7.64. The molecule has 0 aliphatic carbocycles. The van der Waals surface area contributed by atoms with Gasteiger partial charge in [-0.2, -0.15) is 0 Å². The quantitative estimate of drug-likeness (QED) is 0.717. The number of halogens is 1. The van der Waals surface area contributed by atoms with Crippen LogP contribution in [0.4, 0.5) is 5.13 Å². The Morgan fingerprint density at radius 2 is 2.22 bits per heavy atom. The summed E-state index contributed by atoms with van der Waals surface area (Å²) in [6.07, 6.45) is 3.68. The molecule has 2 aromatic rings. The Morgan fingerprint density at radius 3 is 2.96 bits per heavy atom. The van der Waals surface area contributed by atoms with E-state index in [1.165, 1.54) is 24.2 Å². The van der Waals surface area contributed by atoms with Crippen LogP contribution in [-0.2, 0) is 11.2 Å². The molecule has 1 N–H and O–H groups in total. The van der Waals surface area contributed by atoms with E-state index in [1.807, 2.05) is 0 Å². The minimum Gasteiger partial charge on any atom is -0.481 e. The van der Waals surface area contributed by atoms with E-state index in [0.717, 1.165) is 17.8 Å². The van der Waals surface area contributed by atoms with Crippen molar-refractivity contribution >= 4 is 34.0 Å². The first-order valence-corrected chi connectivity index (χ1v) is 8.83. The third-order valence-electron chi connectivity index (χ3n) is 3.17. The Bertz CT molecular complexity index is 648. The average Bonchev–Trinajstić information content (AvgIpc) is 2.95. The largest absolute Gasteiger partial charge is 0.481 e. The van der Waals surface area contributed by atoms with Crippen molar-refractivity contribution in [1.29, 1.82) is 0 Å². The molecular weight excluding hydrogens is 334 g/mol. The van der Waals surface area contributed by atoms with Crippen molar-refractivity contribution in [3.8, 4) is 5.75 Å². The third-order valence-corrected chi connectivity index (χ3v) is 4.30. The zero-order valence-corrected chi connectivity index (χ0v) is 14.8. The highest BCUT2D eigenvalue weighted by Gasteiger charge is 2.17. The molecule has 0 radical (unpaired) electrons. The van der Waals surface area contributed by atoms with Crippen LogP contribution in [0, 0.1) is 0 Å². The predicted octanol–water partition coefficient (Wildman–Crippen LogP) is 4.33. The lowest BCUT2D eigenvalue weighted by Gasteiger charge is -2.13. The van der Waals surface area contributed by atoms with Crippen molar-refractivity contribution in [3.63, 3.8) is 0 Å². The van der Waals surface area contributed by atoms with Gasteiger partial charge < -0.3 is 4.74 Å². The van der Waals surface area contributed by atoms with Crippen molar-refractivity contribution in [2.24, 2.45) is 0 Å². The monoisotopic (exact) mass is 353 g/mol. The fourth-order valence-corrected chi connectivity index (χ4v) is 2.90. The number of hydrogen-bond donors (Lipinski definition) is 1. The number of carbonyl (C=O) groups is 1. The first-order chi connectivity index (χ1) is 11.1. The van der Waals surface area contributed by atoms with Crippen LogP contribution < -0.4 is 10.1 Å². The topological polar surface area (TPSA) is 64.1 Å². The molecular formula is C16H20ClN3O2S. The molecule has 7 heteroatoms. The maximum atomic E-state index is 12.1. The van der Waals surface area contributed by atoms with Gasteiger partial charge in [-0.25, -0.2) is 0 Å². The highest BCUT2D eigenvalue weighted by atomic mass is 35.5. The standard InChI is InChI=1S/C16H20ClN3O2S/c1-3-4-5-9-14-19-20-16(23-14)18-15(21)11(2)22-13-8-6-7-12(17)10-13/h6-8,10-11H,3-5,9H2,1-2H3,(H,18,20,21). The first kappa shape index (κ1) is 17.7. The molecule has 0 fully saturated rings. The lowest BCUT2D eigenvalue weighted by Crippen LogP contribution is -2.30. The fourth-order valence-electron chi connectivity index (χ4n) is 1.94. The summed E-state index contributed by atoms with van der Waals surface area (Å²) < 4.78 is 5.58. The maximum Gasteiger partial charge on any atom is 0.266 e. The molecule has 1 aromatic heterocycles. The summed E-state index contributed by atoms with van der Waals surface area (Å²) >= 11 is 7.30. The Balaban J connectivity index is 1.86. The van der Waals surface area contributed by atoms with E-state index in [4.69, 9.17) is 16.3 Å². The summed E-state index contributed by atoms with van der Waals surface area (Å²) in [5.74, 6) is 0.291. The number of nitrogens with zero attached hydrogens (tertiary/aromatic N) is 2. The van der Waals surface area contributed by atoms with Crippen LogP contribution >= 0.6 is 22.9 Å². The second kappa shape index (κ2) is 8.84. The summed E-state index contributed by atoms with van der Waals surface area (Å²) in [7, 11) is 0. The average molecular weight is 354 g/mol. The minimum absolute atomic E-state index is 0.263. The number of anilines is 1. The second-order valence-electron chi connectivity index (χ2n) is 5.16. The summed E-state index contributed by atoms with van der Waals surface area (Å²) in [4.78, 5) is 12.1. The van der Waals surface area contributed by atoms with Crippen LogP contribution in [0.1, 0.15) is 38.1 Å². The highest BCUT2D eigenvalue weighted by Crippen LogP contribution is 2.20. The van der Waals surface area contributed by atoms with Crippen LogP contribution in [-0.4, -0.2) is 22.2 Å². The van der Waals surface area contributed by atoms with E-state index in [2.05, 4.69) is 22.4 Å². The van der Waals surface area contributed by atoms with Gasteiger partial charge in [0.15, 0.2) is 6.10 Å². The molecule has 1 aromatic carbocycles. The number of carbonyl (C=O) groups excluding carboxylic acids is 1. The Labute approximate surface area is 145 Å². The van der Waals surface area contributed by atoms with Crippen molar-refractivity contribution in [1.82, 2.24) is 10.2 Å². The Kier molecular flexibility index (Phi) is 6.80. The number of hydrogen-bond acceptors (Lipinski definition) is 5. The lowest BCUT2D eigenvalue weighted by atomic mass is 10.2. The lowest BCUT2D eigenvalue weighted by molar-refractivity contribution is -0.122. The zero-order valence-electron chi connectivity index (χ0n) is 13.2. The van der Waals surface area contributed by atoms with E-state index in [-0.39, 0.29) is 5.91 Å². The van der Waals surface area contributed by atoms with Crippen LogP contribution in [0.3, 0.4) is 0 Å². The van der Waals surface area contributed by atoms with E-state index in [9.17, 15) is 4.79 Å². The normalized spacial score (nSPS) is 12.0. The summed E-state index contributed by atoms with van der Waals surface area (Å²) in [5, 5.41) is 12.8. The fraction of sp³-hybridized carbons (Fsp3) is 0.438. The molecule has 1 atom stereocenters. The van der Waals surface area contributed by atoms with E-state index >= 15 is 0 Å². The second-order valence-corrected chi connectivity index (χ2v) is 6.66. The van der Waals surface area contributed by atoms with Gasteiger partial charge in [0, 0.05) is 11.4 Å². The van der Waals surface area contributed by atoms with Gasteiger partial charge in [0.1, 0.15) is 10.8 Å². The van der Waals surface area contributed by atoms with Gasteiger partial charge in [-0.15, -0.1) is 10.2 Å². The predicted molar refractivity (Wildman–Crippen MR) is 93.3 cm³/mol. The molecule has 0 aliphatic rings. The minimum atomic E-state index is -0.652. The molecule has 1 heterocycles. The van der Waals surface area contributed by atoms with Crippen molar-refractivity contribution < 1.29 is 9.53 Å². The van der Waals surface area contributed by atoms with Crippen LogP contribution in [0.5, 0.6) is 5.75 Å². The molecule has 1 amide bonds. The molecule has 0 bridgehead atoms. The molecule has 23 heavy (non-hydrogen) atoms. The highest BCUT2D eigenvalue weighted by molar-refractivity contribution is 7.15. The smallest absolute Gasteiger partial charge is 0.266 e. The number of aryl methyl sites for hydroxylation is 1. The van der Waals surface area contributed by atoms with E-state index < -0.39 is 6.10 Å². The van der Waals surface area contributed by atoms with Crippen LogP contribution in [0.25, 0.3) is 0 Å². The molecule has 1 unspecified atom stereocenters. The molecule has 5 nitrogen and oxygen atoms in total. The molecule has 0 saturated heterocycles. The molecule has 0 aliphatic heterocycles. The zero-order chi connectivity index (χ0) is 16.7. The third kappa shape index (κ3) is 5.80. The Morgan fingerprint density at radius 1 is 1.39 bits per heavy atom. The Hall–Kier alpha value is -1.66. The van der Waals surface area contributed by atoms with E-state index in [1.54, 1.807) is 31.2 Å². The number of benzene rings is 1.